The van der Waals surface area contributed by atoms with Crippen LogP contribution in [-0.2, 0) is 16.0 Å². The van der Waals surface area contributed by atoms with Crippen molar-refractivity contribution in [2.24, 2.45) is 0 Å². The predicted octanol–water partition coefficient (Wildman–Crippen LogP) is 4.87. The van der Waals surface area contributed by atoms with Gasteiger partial charge in [-0.15, -0.1) is 11.3 Å². The van der Waals surface area contributed by atoms with Gasteiger partial charge < -0.3 is 10.1 Å². The van der Waals surface area contributed by atoms with Gasteiger partial charge >= 0.3 is 6.09 Å². The fourth-order valence-electron chi connectivity index (χ4n) is 2.50. The van der Waals surface area contributed by atoms with E-state index in [2.05, 4.69) is 20.6 Å². The zero-order valence-corrected chi connectivity index (χ0v) is 17.5. The minimum absolute atomic E-state index is 0.00821. The van der Waals surface area contributed by atoms with Gasteiger partial charge in [-0.3, -0.25) is 15.1 Å². The second-order valence-corrected chi connectivity index (χ2v) is 8.26. The number of halogens is 1. The van der Waals surface area contributed by atoms with Gasteiger partial charge in [-0.2, -0.15) is 0 Å². The van der Waals surface area contributed by atoms with Crippen LogP contribution in [0.3, 0.4) is 0 Å². The Morgan fingerprint density at radius 1 is 1.13 bits per heavy atom. The van der Waals surface area contributed by atoms with Gasteiger partial charge in [0.1, 0.15) is 16.4 Å². The van der Waals surface area contributed by atoms with Crippen LogP contribution < -0.4 is 10.6 Å². The molecular formula is C21H21FN4O3S. The molecule has 1 aromatic carbocycles. The van der Waals surface area contributed by atoms with Gasteiger partial charge in [0.25, 0.3) is 0 Å². The molecule has 2 N–H and O–H groups in total. The number of aromatic nitrogens is 2. The summed E-state index contributed by atoms with van der Waals surface area (Å²) in [5.74, 6) is -0.947. The van der Waals surface area contributed by atoms with Gasteiger partial charge in [-0.05, 0) is 51.1 Å². The van der Waals surface area contributed by atoms with E-state index >= 15 is 0 Å². The minimum atomic E-state index is -0.705. The molecule has 156 valence electrons. The highest BCUT2D eigenvalue weighted by Gasteiger charge is 2.18. The number of hydrogen-bond donors (Lipinski definition) is 2. The summed E-state index contributed by atoms with van der Waals surface area (Å²) in [6, 6.07) is 9.18. The first-order valence-electron chi connectivity index (χ1n) is 9.15. The number of hydrogen-bond acceptors (Lipinski definition) is 6. The number of rotatable bonds is 5. The molecule has 2 amide bonds. The zero-order chi connectivity index (χ0) is 21.7. The second kappa shape index (κ2) is 9.00. The van der Waals surface area contributed by atoms with Crippen molar-refractivity contribution < 1.29 is 18.7 Å². The van der Waals surface area contributed by atoms with E-state index in [1.165, 1.54) is 23.5 Å². The normalized spacial score (nSPS) is 11.1. The fourth-order valence-corrected chi connectivity index (χ4v) is 3.29. The molecule has 0 unspecified atom stereocenters. The third kappa shape index (κ3) is 6.08. The monoisotopic (exact) mass is 428 g/mol. The second-order valence-electron chi connectivity index (χ2n) is 7.40. The van der Waals surface area contributed by atoms with E-state index in [-0.39, 0.29) is 17.8 Å². The molecule has 2 aromatic heterocycles. The van der Waals surface area contributed by atoms with Crippen LogP contribution in [0.5, 0.6) is 0 Å². The molecule has 0 spiro atoms. The summed E-state index contributed by atoms with van der Waals surface area (Å²) in [4.78, 5) is 33.2. The molecule has 0 fully saturated rings. The molecule has 0 aliphatic rings. The van der Waals surface area contributed by atoms with Gasteiger partial charge in [0, 0.05) is 11.6 Å². The van der Waals surface area contributed by atoms with Gasteiger partial charge in [-0.1, -0.05) is 6.07 Å². The Morgan fingerprint density at radius 2 is 1.93 bits per heavy atom. The van der Waals surface area contributed by atoms with Crippen molar-refractivity contribution in [2.75, 3.05) is 10.6 Å². The van der Waals surface area contributed by atoms with Crippen molar-refractivity contribution in [3.8, 4) is 10.7 Å². The lowest BCUT2D eigenvalue weighted by Gasteiger charge is -2.20. The zero-order valence-electron chi connectivity index (χ0n) is 16.7. The van der Waals surface area contributed by atoms with Crippen LogP contribution in [0.2, 0.25) is 0 Å². The van der Waals surface area contributed by atoms with Crippen LogP contribution in [0.25, 0.3) is 10.7 Å². The number of nitrogens with zero attached hydrogens (tertiary/aromatic N) is 2. The largest absolute Gasteiger partial charge is 0.444 e. The Hall–Kier alpha value is -3.33. The summed E-state index contributed by atoms with van der Waals surface area (Å²) in [6.45, 7) is 5.19. The number of amides is 2. The molecule has 0 atom stereocenters. The molecule has 3 rings (SSSR count). The van der Waals surface area contributed by atoms with Crippen LogP contribution in [0.1, 0.15) is 26.5 Å². The van der Waals surface area contributed by atoms with Crippen LogP contribution in [0.15, 0.2) is 48.0 Å². The van der Waals surface area contributed by atoms with Gasteiger partial charge in [-0.25, -0.2) is 14.2 Å². The topological polar surface area (TPSA) is 93.2 Å². The number of benzene rings is 1. The molecule has 3 aromatic rings. The molecule has 0 aliphatic carbocycles. The number of carbonyl (C=O) groups is 2. The van der Waals surface area contributed by atoms with Crippen LogP contribution >= 0.6 is 11.3 Å². The number of pyridine rings is 1. The first-order valence-corrected chi connectivity index (χ1v) is 10.0. The number of anilines is 2. The highest BCUT2D eigenvalue weighted by atomic mass is 32.1. The van der Waals surface area contributed by atoms with Crippen LogP contribution in [-0.4, -0.2) is 27.6 Å². The third-order valence-corrected chi connectivity index (χ3v) is 4.58. The first-order chi connectivity index (χ1) is 14.2. The SMILES string of the molecule is CC(C)(C)OC(=O)Nc1ccc(F)cc1NC(=O)Cc1csc(-c2ccccn2)n1. The molecule has 30 heavy (non-hydrogen) atoms. The number of carbonyl (C=O) groups excluding carboxylic acids is 2. The highest BCUT2D eigenvalue weighted by molar-refractivity contribution is 7.13. The molecular weight excluding hydrogens is 407 g/mol. The van der Waals surface area contributed by atoms with E-state index in [4.69, 9.17) is 4.74 Å². The number of thiazole rings is 1. The smallest absolute Gasteiger partial charge is 0.412 e. The standard InChI is InChI=1S/C21H21FN4O3S/c1-21(2,3)29-20(28)26-15-8-7-13(22)10-17(15)25-18(27)11-14-12-30-19(24-14)16-6-4-5-9-23-16/h4-10,12H,11H2,1-3H3,(H,25,27)(H,26,28). The maximum atomic E-state index is 13.7. The number of ether oxygens (including phenoxy) is 1. The van der Waals surface area contributed by atoms with E-state index in [0.29, 0.717) is 10.7 Å². The Labute approximate surface area is 177 Å². The lowest BCUT2D eigenvalue weighted by Crippen LogP contribution is -2.27. The van der Waals surface area contributed by atoms with E-state index in [0.717, 1.165) is 11.8 Å². The Kier molecular flexibility index (Phi) is 6.41. The van der Waals surface area contributed by atoms with Crippen molar-refractivity contribution >= 4 is 34.7 Å². The molecule has 9 heteroatoms. The summed E-state index contributed by atoms with van der Waals surface area (Å²) in [5.41, 5.74) is 0.959. The Morgan fingerprint density at radius 3 is 2.63 bits per heavy atom. The van der Waals surface area contributed by atoms with Crippen molar-refractivity contribution in [1.82, 2.24) is 9.97 Å². The van der Waals surface area contributed by atoms with Crippen molar-refractivity contribution in [3.05, 3.63) is 59.5 Å². The predicted molar refractivity (Wildman–Crippen MR) is 114 cm³/mol. The Bertz CT molecular complexity index is 1050. The molecule has 0 bridgehead atoms. The summed E-state index contributed by atoms with van der Waals surface area (Å²) in [7, 11) is 0. The quantitative estimate of drug-likeness (QED) is 0.605. The third-order valence-electron chi connectivity index (χ3n) is 3.67. The molecule has 0 radical (unpaired) electrons. The first kappa shape index (κ1) is 21.4. The van der Waals surface area contributed by atoms with E-state index in [1.54, 1.807) is 32.3 Å². The number of nitrogens with one attached hydrogen (secondary N) is 2. The summed E-state index contributed by atoms with van der Waals surface area (Å²) >= 11 is 1.38. The van der Waals surface area contributed by atoms with Crippen LogP contribution in [0, 0.1) is 5.82 Å². The fraction of sp³-hybridized carbons (Fsp3) is 0.238. The minimum Gasteiger partial charge on any atom is -0.444 e. The lowest BCUT2D eigenvalue weighted by molar-refractivity contribution is -0.115. The van der Waals surface area contributed by atoms with Crippen LogP contribution in [0.4, 0.5) is 20.6 Å². The lowest BCUT2D eigenvalue weighted by atomic mass is 10.2. The van der Waals surface area contributed by atoms with E-state index in [9.17, 15) is 14.0 Å². The van der Waals surface area contributed by atoms with Crippen molar-refractivity contribution in [3.63, 3.8) is 0 Å². The molecule has 0 aliphatic heterocycles. The van der Waals surface area contributed by atoms with Gasteiger partial charge in [0.2, 0.25) is 5.91 Å². The summed E-state index contributed by atoms with van der Waals surface area (Å²) in [5, 5.41) is 7.62. The highest BCUT2D eigenvalue weighted by Crippen LogP contribution is 2.25. The molecule has 0 saturated carbocycles. The van der Waals surface area contributed by atoms with Crippen molar-refractivity contribution in [2.45, 2.75) is 32.8 Å². The van der Waals surface area contributed by atoms with E-state index < -0.39 is 23.4 Å². The molecule has 2 heterocycles. The summed E-state index contributed by atoms with van der Waals surface area (Å²) < 4.78 is 18.9. The molecule has 7 nitrogen and oxygen atoms in total. The van der Waals surface area contributed by atoms with Gasteiger partial charge in [0.15, 0.2) is 0 Å². The summed E-state index contributed by atoms with van der Waals surface area (Å²) in [6.07, 6.45) is 0.960. The maximum absolute atomic E-state index is 13.7. The average molecular weight is 428 g/mol. The average Bonchev–Trinajstić information content (AvgIpc) is 3.11. The Balaban J connectivity index is 1.68. The van der Waals surface area contributed by atoms with Gasteiger partial charge in [0.05, 0.1) is 29.2 Å². The maximum Gasteiger partial charge on any atom is 0.412 e. The van der Waals surface area contributed by atoms with Crippen molar-refractivity contribution in [1.29, 1.82) is 0 Å². The molecule has 0 saturated heterocycles. The van der Waals surface area contributed by atoms with E-state index in [1.807, 2.05) is 18.2 Å².